The molecule has 0 spiro atoms. The lowest BCUT2D eigenvalue weighted by molar-refractivity contribution is -0.577. The highest BCUT2D eigenvalue weighted by molar-refractivity contribution is 9.10. The van der Waals surface area contributed by atoms with Gasteiger partial charge in [0.25, 0.3) is 0 Å². The minimum absolute atomic E-state index is 0.121. The third-order valence-electron chi connectivity index (χ3n) is 2.86. The van der Waals surface area contributed by atoms with E-state index < -0.39 is 0 Å². The summed E-state index contributed by atoms with van der Waals surface area (Å²) in [5, 5.41) is 15.9. The first-order chi connectivity index (χ1) is 10.1. The van der Waals surface area contributed by atoms with Crippen LogP contribution < -0.4 is 15.0 Å². The molecule has 1 N–H and O–H groups in total. The van der Waals surface area contributed by atoms with E-state index in [-0.39, 0.29) is 5.76 Å². The van der Waals surface area contributed by atoms with Gasteiger partial charge in [-0.25, -0.2) is 0 Å². The molecule has 0 saturated carbocycles. The van der Waals surface area contributed by atoms with Crippen LogP contribution in [0, 0.1) is 0 Å². The molecule has 0 radical (unpaired) electrons. The maximum Gasteiger partial charge on any atom is 0.238 e. The molecule has 0 aliphatic rings. The predicted molar refractivity (Wildman–Crippen MR) is 90.2 cm³/mol. The van der Waals surface area contributed by atoms with Crippen LogP contribution in [0.2, 0.25) is 0 Å². The lowest BCUT2D eigenvalue weighted by atomic mass is 10.1. The number of nitrogens with one attached hydrogen (secondary N) is 1. The Hall–Kier alpha value is -1.72. The molecular weight excluding hydrogens is 348 g/mol. The number of hydrogen-bond acceptors (Lipinski definition) is 2. The molecule has 0 aliphatic carbocycles. The van der Waals surface area contributed by atoms with Crippen LogP contribution in [0.15, 0.2) is 59.3 Å². The van der Waals surface area contributed by atoms with Gasteiger partial charge in [-0.3, -0.25) is 0 Å². The highest BCUT2D eigenvalue weighted by Gasteiger charge is 2.18. The Morgan fingerprint density at radius 2 is 1.86 bits per heavy atom. The molecule has 2 aromatic rings. The van der Waals surface area contributed by atoms with Crippen molar-refractivity contribution in [3.8, 4) is 0 Å². The van der Waals surface area contributed by atoms with E-state index in [9.17, 15) is 5.11 Å². The summed E-state index contributed by atoms with van der Waals surface area (Å²) in [4.78, 5) is 0.439. The summed E-state index contributed by atoms with van der Waals surface area (Å²) < 4.78 is 2.50. The monoisotopic (exact) mass is 362 g/mol. The van der Waals surface area contributed by atoms with Crippen molar-refractivity contribution in [2.24, 2.45) is 0 Å². The zero-order valence-corrected chi connectivity index (χ0v) is 13.9. The van der Waals surface area contributed by atoms with Crippen LogP contribution in [0.25, 0.3) is 11.5 Å². The van der Waals surface area contributed by atoms with E-state index in [0.717, 1.165) is 4.47 Å². The Balaban J connectivity index is 2.61. The van der Waals surface area contributed by atoms with Crippen molar-refractivity contribution in [3.05, 3.63) is 64.9 Å². The molecule has 1 aromatic carbocycles. The number of rotatable bonds is 4. The van der Waals surface area contributed by atoms with Crippen LogP contribution in [0.3, 0.4) is 0 Å². The molecule has 0 aliphatic heterocycles. The van der Waals surface area contributed by atoms with Gasteiger partial charge in [0, 0.05) is 23.2 Å². The van der Waals surface area contributed by atoms with E-state index in [0.29, 0.717) is 22.8 Å². The Kier molecular flexibility index (Phi) is 5.47. The molecule has 0 saturated heterocycles. The molecule has 5 heteroatoms. The predicted octanol–water partition coefficient (Wildman–Crippen LogP) is 2.36. The summed E-state index contributed by atoms with van der Waals surface area (Å²) in [5.74, 6) is -0.121. The van der Waals surface area contributed by atoms with Crippen LogP contribution in [0.1, 0.15) is 12.5 Å². The number of likely N-dealkylation sites (N-methyl/N-ethyl adjacent to an activating group) is 1. The van der Waals surface area contributed by atoms with Crippen molar-refractivity contribution in [2.45, 2.75) is 6.92 Å². The molecule has 2 rings (SSSR count). The molecule has 108 valence electrons. The van der Waals surface area contributed by atoms with Crippen LogP contribution in [-0.2, 0) is 0 Å². The van der Waals surface area contributed by atoms with Crippen molar-refractivity contribution in [2.75, 3.05) is 6.54 Å². The van der Waals surface area contributed by atoms with Crippen molar-refractivity contribution in [1.29, 1.82) is 0 Å². The molecule has 0 atom stereocenters. The van der Waals surface area contributed by atoms with Gasteiger partial charge in [0.2, 0.25) is 5.70 Å². The number of benzene rings is 1. The second kappa shape index (κ2) is 7.33. The fraction of sp³-hybridized carbons (Fsp3) is 0.125. The third kappa shape index (κ3) is 3.68. The lowest BCUT2D eigenvalue weighted by Gasteiger charge is -2.17. The minimum Gasteiger partial charge on any atom is -0.867 e. The maximum absolute atomic E-state index is 12.9. The van der Waals surface area contributed by atoms with E-state index >= 15 is 0 Å². The second-order valence-electron chi connectivity index (χ2n) is 4.30. The molecule has 0 bridgehead atoms. The van der Waals surface area contributed by atoms with Crippen molar-refractivity contribution in [1.82, 2.24) is 5.32 Å². The average molecular weight is 363 g/mol. The number of thiocarbonyl (C=S) groups is 1. The fourth-order valence-corrected chi connectivity index (χ4v) is 2.71. The Morgan fingerprint density at radius 3 is 2.48 bits per heavy atom. The summed E-state index contributed by atoms with van der Waals surface area (Å²) in [7, 11) is 0. The fourth-order valence-electron chi connectivity index (χ4n) is 1.90. The normalized spacial score (nSPS) is 11.7. The standard InChI is InChI=1S/C16H15BrN2OS/c1-2-18-16(21)14(19-10-6-3-7-11-19)15(20)12-8-4-5-9-13(12)17/h3-11H,2H2,1H3,(H-,18,20,21). The zero-order chi connectivity index (χ0) is 15.2. The Labute approximate surface area is 138 Å². The van der Waals surface area contributed by atoms with Gasteiger partial charge >= 0.3 is 0 Å². The zero-order valence-electron chi connectivity index (χ0n) is 11.5. The first-order valence-electron chi connectivity index (χ1n) is 6.56. The van der Waals surface area contributed by atoms with E-state index in [2.05, 4.69) is 21.2 Å². The van der Waals surface area contributed by atoms with E-state index in [1.807, 2.05) is 55.7 Å². The van der Waals surface area contributed by atoms with Gasteiger partial charge in [0.15, 0.2) is 17.4 Å². The summed E-state index contributed by atoms with van der Waals surface area (Å²) >= 11 is 8.79. The Bertz CT molecular complexity index is 671. The largest absolute Gasteiger partial charge is 0.867 e. The van der Waals surface area contributed by atoms with Crippen LogP contribution in [0.4, 0.5) is 0 Å². The van der Waals surface area contributed by atoms with Gasteiger partial charge in [-0.2, -0.15) is 4.57 Å². The molecular formula is C16H15BrN2OS. The maximum atomic E-state index is 12.9. The van der Waals surface area contributed by atoms with E-state index in [4.69, 9.17) is 12.2 Å². The van der Waals surface area contributed by atoms with Crippen LogP contribution >= 0.6 is 28.1 Å². The van der Waals surface area contributed by atoms with E-state index in [1.54, 1.807) is 10.6 Å². The highest BCUT2D eigenvalue weighted by atomic mass is 79.9. The summed E-state index contributed by atoms with van der Waals surface area (Å²) in [6, 6.07) is 13.0. The first kappa shape index (κ1) is 15.7. The smallest absolute Gasteiger partial charge is 0.238 e. The third-order valence-corrected chi connectivity index (χ3v) is 3.89. The van der Waals surface area contributed by atoms with Crippen molar-refractivity contribution < 1.29 is 9.67 Å². The molecule has 0 fully saturated rings. The molecule has 3 nitrogen and oxygen atoms in total. The molecule has 0 unspecified atom stereocenters. The number of pyridine rings is 1. The SMILES string of the molecule is CCNC(=S)/C(=C(\[O-])c1ccccc1Br)[n+]1ccccc1. The minimum atomic E-state index is -0.121. The summed E-state index contributed by atoms with van der Waals surface area (Å²) in [6.45, 7) is 2.61. The highest BCUT2D eigenvalue weighted by Crippen LogP contribution is 2.23. The average Bonchev–Trinajstić information content (AvgIpc) is 2.49. The first-order valence-corrected chi connectivity index (χ1v) is 7.76. The van der Waals surface area contributed by atoms with Gasteiger partial charge in [0.1, 0.15) is 0 Å². The molecule has 21 heavy (non-hydrogen) atoms. The quantitative estimate of drug-likeness (QED) is 0.392. The molecule has 1 heterocycles. The lowest BCUT2D eigenvalue weighted by Crippen LogP contribution is -2.42. The summed E-state index contributed by atoms with van der Waals surface area (Å²) in [5.41, 5.74) is 1.03. The molecule has 1 aromatic heterocycles. The van der Waals surface area contributed by atoms with Gasteiger partial charge in [-0.15, -0.1) is 0 Å². The van der Waals surface area contributed by atoms with Gasteiger partial charge in [-0.05, 0) is 24.3 Å². The Morgan fingerprint density at radius 1 is 1.19 bits per heavy atom. The summed E-state index contributed by atoms with van der Waals surface area (Å²) in [6.07, 6.45) is 3.63. The van der Waals surface area contributed by atoms with Crippen LogP contribution in [0.5, 0.6) is 0 Å². The molecule has 0 amide bonds. The number of aromatic nitrogens is 1. The van der Waals surface area contributed by atoms with E-state index in [1.165, 1.54) is 0 Å². The van der Waals surface area contributed by atoms with Crippen molar-refractivity contribution in [3.63, 3.8) is 0 Å². The van der Waals surface area contributed by atoms with Gasteiger partial charge < -0.3 is 10.4 Å². The second-order valence-corrected chi connectivity index (χ2v) is 5.56. The number of halogens is 1. The van der Waals surface area contributed by atoms with Gasteiger partial charge in [-0.1, -0.05) is 52.4 Å². The number of hydrogen-bond donors (Lipinski definition) is 1. The van der Waals surface area contributed by atoms with Crippen molar-refractivity contribution >= 4 is 44.6 Å². The van der Waals surface area contributed by atoms with Crippen LogP contribution in [-0.4, -0.2) is 11.5 Å². The topological polar surface area (TPSA) is 39.0 Å². The van der Waals surface area contributed by atoms with Gasteiger partial charge in [0.05, 0.1) is 0 Å². The number of nitrogens with zero attached hydrogens (tertiary/aromatic N) is 1.